The molecule has 2 rings (SSSR count). The molecule has 1 atom stereocenters. The third-order valence-electron chi connectivity index (χ3n) is 4.42. The van der Waals surface area contributed by atoms with E-state index in [1.54, 1.807) is 44.4 Å². The molecule has 0 spiro atoms. The fraction of sp³-hybridized carbons (Fsp3) is 0.417. The second-order valence-electron chi connectivity index (χ2n) is 6.86. The average molecular weight is 429 g/mol. The first kappa shape index (κ1) is 24.1. The number of rotatable bonds is 13. The number of nitrogens with zero attached hydrogens (tertiary/aromatic N) is 1. The molecule has 2 aromatic rings. The molecule has 0 aliphatic rings. The molecule has 0 saturated carbocycles. The molecule has 0 radical (unpaired) electrons. The third-order valence-corrected chi connectivity index (χ3v) is 4.42. The SMILES string of the molecule is CCCCCOc1ccc(O[C@@H](C)C(=O)N/N=C/c2cc(OC)ccc2OCC)cc1. The number of hydrazone groups is 1. The van der Waals surface area contributed by atoms with Gasteiger partial charge in [0.1, 0.15) is 23.0 Å². The summed E-state index contributed by atoms with van der Waals surface area (Å²) in [5.41, 5.74) is 3.19. The summed E-state index contributed by atoms with van der Waals surface area (Å²) in [5.74, 6) is 2.33. The van der Waals surface area contributed by atoms with Crippen molar-refractivity contribution in [1.29, 1.82) is 0 Å². The highest BCUT2D eigenvalue weighted by molar-refractivity contribution is 5.86. The van der Waals surface area contributed by atoms with Gasteiger partial charge in [0.05, 0.1) is 26.5 Å². The number of nitrogens with one attached hydrogen (secondary N) is 1. The maximum Gasteiger partial charge on any atom is 0.280 e. The zero-order chi connectivity index (χ0) is 22.5. The molecule has 0 aliphatic heterocycles. The number of unbranched alkanes of at least 4 members (excludes halogenated alkanes) is 2. The van der Waals surface area contributed by atoms with E-state index in [0.29, 0.717) is 36.0 Å². The number of carbonyl (C=O) groups excluding carboxylic acids is 1. The predicted octanol–water partition coefficient (Wildman–Crippen LogP) is 4.58. The molecule has 0 bridgehead atoms. The second kappa shape index (κ2) is 13.2. The second-order valence-corrected chi connectivity index (χ2v) is 6.86. The Labute approximate surface area is 184 Å². The highest BCUT2D eigenvalue weighted by Crippen LogP contribution is 2.23. The molecular formula is C24H32N2O5. The van der Waals surface area contributed by atoms with Crippen molar-refractivity contribution < 1.29 is 23.7 Å². The minimum absolute atomic E-state index is 0.364. The number of amides is 1. The quantitative estimate of drug-likeness (QED) is 0.287. The maximum atomic E-state index is 12.3. The fourth-order valence-electron chi connectivity index (χ4n) is 2.71. The van der Waals surface area contributed by atoms with Crippen LogP contribution in [0.1, 0.15) is 45.6 Å². The molecule has 0 saturated heterocycles. The van der Waals surface area contributed by atoms with Crippen LogP contribution >= 0.6 is 0 Å². The van der Waals surface area contributed by atoms with Crippen molar-refractivity contribution in [2.45, 2.75) is 46.1 Å². The highest BCUT2D eigenvalue weighted by atomic mass is 16.5. The highest BCUT2D eigenvalue weighted by Gasteiger charge is 2.14. The van der Waals surface area contributed by atoms with E-state index in [2.05, 4.69) is 17.5 Å². The fourth-order valence-corrected chi connectivity index (χ4v) is 2.71. The van der Waals surface area contributed by atoms with Crippen molar-refractivity contribution in [3.05, 3.63) is 48.0 Å². The molecule has 0 aliphatic carbocycles. The van der Waals surface area contributed by atoms with Crippen LogP contribution in [0, 0.1) is 0 Å². The smallest absolute Gasteiger partial charge is 0.280 e. The monoisotopic (exact) mass is 428 g/mol. The number of methoxy groups -OCH3 is 1. The third kappa shape index (κ3) is 8.20. The lowest BCUT2D eigenvalue weighted by Gasteiger charge is -2.13. The Morgan fingerprint density at radius 1 is 1.03 bits per heavy atom. The summed E-state index contributed by atoms with van der Waals surface area (Å²) in [4.78, 5) is 12.3. The first-order chi connectivity index (χ1) is 15.1. The van der Waals surface area contributed by atoms with Crippen molar-refractivity contribution in [2.24, 2.45) is 5.10 Å². The maximum absolute atomic E-state index is 12.3. The van der Waals surface area contributed by atoms with Crippen molar-refractivity contribution in [1.82, 2.24) is 5.43 Å². The van der Waals surface area contributed by atoms with Gasteiger partial charge < -0.3 is 18.9 Å². The van der Waals surface area contributed by atoms with Gasteiger partial charge in [-0.1, -0.05) is 19.8 Å². The molecule has 7 heteroatoms. The van der Waals surface area contributed by atoms with Crippen molar-refractivity contribution in [3.63, 3.8) is 0 Å². The Hall–Kier alpha value is -3.22. The largest absolute Gasteiger partial charge is 0.497 e. The molecule has 7 nitrogen and oxygen atoms in total. The normalized spacial score (nSPS) is 11.7. The minimum Gasteiger partial charge on any atom is -0.497 e. The molecule has 2 aromatic carbocycles. The van der Waals surface area contributed by atoms with Crippen molar-refractivity contribution in [3.8, 4) is 23.0 Å². The molecule has 0 unspecified atom stereocenters. The van der Waals surface area contributed by atoms with E-state index in [-0.39, 0.29) is 5.91 Å². The van der Waals surface area contributed by atoms with Gasteiger partial charge in [-0.25, -0.2) is 5.43 Å². The molecule has 1 N–H and O–H groups in total. The molecule has 31 heavy (non-hydrogen) atoms. The Bertz CT molecular complexity index is 836. The summed E-state index contributed by atoms with van der Waals surface area (Å²) in [6.45, 7) is 6.94. The van der Waals surface area contributed by atoms with Crippen LogP contribution in [-0.2, 0) is 4.79 Å². The first-order valence-corrected chi connectivity index (χ1v) is 10.6. The molecule has 0 heterocycles. The Morgan fingerprint density at radius 2 is 1.74 bits per heavy atom. The van der Waals surface area contributed by atoms with Crippen LogP contribution < -0.4 is 24.4 Å². The van der Waals surface area contributed by atoms with Crippen LogP contribution in [0.2, 0.25) is 0 Å². The molecule has 0 aromatic heterocycles. The number of hydrogen-bond donors (Lipinski definition) is 1. The van der Waals surface area contributed by atoms with Gasteiger partial charge in [0.25, 0.3) is 5.91 Å². The van der Waals surface area contributed by atoms with Crippen LogP contribution in [0.15, 0.2) is 47.6 Å². The number of hydrogen-bond acceptors (Lipinski definition) is 6. The predicted molar refractivity (Wildman–Crippen MR) is 121 cm³/mol. The van der Waals surface area contributed by atoms with Crippen LogP contribution in [0.5, 0.6) is 23.0 Å². The summed E-state index contributed by atoms with van der Waals surface area (Å²) < 4.78 is 22.2. The summed E-state index contributed by atoms with van der Waals surface area (Å²) in [6.07, 6.45) is 4.15. The van der Waals surface area contributed by atoms with E-state index in [4.69, 9.17) is 18.9 Å². The minimum atomic E-state index is -0.717. The van der Waals surface area contributed by atoms with Gasteiger partial charge in [-0.05, 0) is 62.7 Å². The molecular weight excluding hydrogens is 396 g/mol. The van der Waals surface area contributed by atoms with Gasteiger partial charge in [-0.3, -0.25) is 4.79 Å². The van der Waals surface area contributed by atoms with E-state index < -0.39 is 6.10 Å². The van der Waals surface area contributed by atoms with Crippen LogP contribution in [0.4, 0.5) is 0 Å². The summed E-state index contributed by atoms with van der Waals surface area (Å²) >= 11 is 0. The van der Waals surface area contributed by atoms with E-state index in [1.807, 2.05) is 19.1 Å². The first-order valence-electron chi connectivity index (χ1n) is 10.6. The molecule has 0 fully saturated rings. The lowest BCUT2D eigenvalue weighted by Crippen LogP contribution is -2.33. The van der Waals surface area contributed by atoms with Gasteiger partial charge in [-0.15, -0.1) is 0 Å². The molecule has 168 valence electrons. The average Bonchev–Trinajstić information content (AvgIpc) is 2.78. The van der Waals surface area contributed by atoms with Crippen molar-refractivity contribution in [2.75, 3.05) is 20.3 Å². The zero-order valence-corrected chi connectivity index (χ0v) is 18.7. The van der Waals surface area contributed by atoms with E-state index >= 15 is 0 Å². The van der Waals surface area contributed by atoms with Gasteiger partial charge >= 0.3 is 0 Å². The number of carbonyl (C=O) groups is 1. The topological polar surface area (TPSA) is 78.4 Å². The number of ether oxygens (including phenoxy) is 4. The summed E-state index contributed by atoms with van der Waals surface area (Å²) in [5, 5.41) is 4.03. The number of benzene rings is 2. The van der Waals surface area contributed by atoms with Crippen molar-refractivity contribution >= 4 is 12.1 Å². The lowest BCUT2D eigenvalue weighted by molar-refractivity contribution is -0.127. The van der Waals surface area contributed by atoms with Gasteiger partial charge in [0, 0.05) is 5.56 Å². The lowest BCUT2D eigenvalue weighted by atomic mass is 10.2. The Balaban J connectivity index is 1.87. The van der Waals surface area contributed by atoms with Gasteiger partial charge in [-0.2, -0.15) is 5.10 Å². The van der Waals surface area contributed by atoms with Crippen LogP contribution in [0.25, 0.3) is 0 Å². The van der Waals surface area contributed by atoms with E-state index in [9.17, 15) is 4.79 Å². The Morgan fingerprint density at radius 3 is 2.42 bits per heavy atom. The Kier molecular flexibility index (Phi) is 10.2. The van der Waals surface area contributed by atoms with Gasteiger partial charge in [0.2, 0.25) is 0 Å². The molecule has 1 amide bonds. The standard InChI is InChI=1S/C24H32N2O5/c1-5-7-8-15-30-20-9-11-21(12-10-20)31-18(3)24(27)26-25-17-19-16-22(28-4)13-14-23(19)29-6-2/h9-14,16-18H,5-8,15H2,1-4H3,(H,26,27)/b25-17+/t18-/m0/s1. The van der Waals surface area contributed by atoms with Gasteiger partial charge in [0.15, 0.2) is 6.10 Å². The summed E-state index contributed by atoms with van der Waals surface area (Å²) in [6, 6.07) is 12.6. The van der Waals surface area contributed by atoms with Crippen LogP contribution in [-0.4, -0.2) is 38.5 Å². The summed E-state index contributed by atoms with van der Waals surface area (Å²) in [7, 11) is 1.59. The van der Waals surface area contributed by atoms with Crippen LogP contribution in [0.3, 0.4) is 0 Å². The van der Waals surface area contributed by atoms with E-state index in [1.165, 1.54) is 6.21 Å². The van der Waals surface area contributed by atoms with E-state index in [0.717, 1.165) is 25.0 Å². The zero-order valence-electron chi connectivity index (χ0n) is 18.7.